The van der Waals surface area contributed by atoms with E-state index in [1.54, 1.807) is 28.3 Å². The molecule has 1 aliphatic heterocycles. The molecule has 162 valence electrons. The summed E-state index contributed by atoms with van der Waals surface area (Å²) in [5, 5.41) is 1.77. The number of para-hydroxylation sites is 1. The lowest BCUT2D eigenvalue weighted by molar-refractivity contribution is -0.116. The molecule has 0 bridgehead atoms. The van der Waals surface area contributed by atoms with Crippen LogP contribution in [0.15, 0.2) is 46.8 Å². The van der Waals surface area contributed by atoms with Crippen LogP contribution in [0.25, 0.3) is 4.96 Å². The lowest BCUT2D eigenvalue weighted by Gasteiger charge is -2.27. The van der Waals surface area contributed by atoms with E-state index in [-0.39, 0.29) is 22.9 Å². The number of rotatable bonds is 1. The van der Waals surface area contributed by atoms with E-state index in [0.717, 1.165) is 24.2 Å². The molecular weight excluding hydrogens is 414 g/mol. The van der Waals surface area contributed by atoms with Gasteiger partial charge in [-0.25, -0.2) is 4.98 Å². The molecule has 0 atom stereocenters. The van der Waals surface area contributed by atoms with Crippen LogP contribution in [0, 0.1) is 0 Å². The lowest BCUT2D eigenvalue weighted by Crippen LogP contribution is -2.40. The number of anilines is 1. The minimum atomic E-state index is -0.363. The maximum absolute atomic E-state index is 13.4. The summed E-state index contributed by atoms with van der Waals surface area (Å²) in [5.41, 5.74) is 1.37. The number of hydrogen-bond acceptors (Lipinski definition) is 6. The zero-order chi connectivity index (χ0) is 22.0. The van der Waals surface area contributed by atoms with Gasteiger partial charge in [0, 0.05) is 56.6 Å². The van der Waals surface area contributed by atoms with Crippen LogP contribution in [0.3, 0.4) is 0 Å². The number of aromatic nitrogens is 2. The number of likely N-dealkylation sites (N-methyl/N-ethyl adjacent to an activating group) is 1. The fourth-order valence-electron chi connectivity index (χ4n) is 3.86. The van der Waals surface area contributed by atoms with Crippen molar-refractivity contribution in [1.29, 1.82) is 0 Å². The van der Waals surface area contributed by atoms with Gasteiger partial charge < -0.3 is 14.7 Å². The Bertz CT molecular complexity index is 1170. The van der Waals surface area contributed by atoms with Gasteiger partial charge in [-0.15, -0.1) is 11.3 Å². The topological polar surface area (TPSA) is 78.2 Å². The van der Waals surface area contributed by atoms with E-state index in [1.165, 1.54) is 21.9 Å². The Kier molecular flexibility index (Phi) is 6.15. The third-order valence-electron chi connectivity index (χ3n) is 5.56. The molecule has 0 saturated carbocycles. The summed E-state index contributed by atoms with van der Waals surface area (Å²) < 4.78 is 1.40. The van der Waals surface area contributed by atoms with Crippen molar-refractivity contribution in [3.8, 4) is 0 Å². The van der Waals surface area contributed by atoms with Crippen molar-refractivity contribution in [2.75, 3.05) is 38.1 Å². The first kappa shape index (κ1) is 21.2. The highest BCUT2D eigenvalue weighted by atomic mass is 32.1. The molecule has 0 aliphatic carbocycles. The van der Waals surface area contributed by atoms with Crippen molar-refractivity contribution >= 4 is 33.8 Å². The van der Waals surface area contributed by atoms with Gasteiger partial charge in [0.1, 0.15) is 5.56 Å². The molecule has 0 N–H and O–H groups in total. The van der Waals surface area contributed by atoms with E-state index in [2.05, 4.69) is 9.88 Å². The molecule has 0 radical (unpaired) electrons. The highest BCUT2D eigenvalue weighted by Crippen LogP contribution is 2.24. The van der Waals surface area contributed by atoms with E-state index < -0.39 is 0 Å². The van der Waals surface area contributed by atoms with E-state index in [0.29, 0.717) is 31.1 Å². The van der Waals surface area contributed by atoms with Crippen molar-refractivity contribution in [1.82, 2.24) is 19.2 Å². The van der Waals surface area contributed by atoms with Gasteiger partial charge in [-0.3, -0.25) is 18.8 Å². The van der Waals surface area contributed by atoms with Gasteiger partial charge in [-0.05, 0) is 31.6 Å². The zero-order valence-corrected chi connectivity index (χ0v) is 18.5. The Balaban J connectivity index is 1.74. The third-order valence-corrected chi connectivity index (χ3v) is 6.33. The van der Waals surface area contributed by atoms with Crippen LogP contribution in [0.4, 0.5) is 5.69 Å². The molecule has 31 heavy (non-hydrogen) atoms. The normalized spacial score (nSPS) is 16.1. The summed E-state index contributed by atoms with van der Waals surface area (Å²) in [6.45, 7) is 4.42. The molecule has 2 aromatic heterocycles. The largest absolute Gasteiger partial charge is 0.333 e. The average molecular weight is 440 g/mol. The lowest BCUT2D eigenvalue weighted by atomic mass is 10.1. The quantitative estimate of drug-likeness (QED) is 0.580. The van der Waals surface area contributed by atoms with E-state index in [4.69, 9.17) is 0 Å². The second kappa shape index (κ2) is 8.99. The number of carbonyl (C=O) groups excluding carboxylic acids is 2. The van der Waals surface area contributed by atoms with Crippen molar-refractivity contribution < 1.29 is 9.59 Å². The summed E-state index contributed by atoms with van der Waals surface area (Å²) in [6.07, 6.45) is 3.84. The monoisotopic (exact) mass is 439 g/mol. The molecule has 3 heterocycles. The molecule has 0 unspecified atom stereocenters. The molecule has 0 spiro atoms. The van der Waals surface area contributed by atoms with Crippen LogP contribution in [0.5, 0.6) is 0 Å². The average Bonchev–Trinajstić information content (AvgIpc) is 3.23. The summed E-state index contributed by atoms with van der Waals surface area (Å²) in [4.78, 5) is 49.1. The first-order valence-electron chi connectivity index (χ1n) is 10.2. The number of hydrogen-bond donors (Lipinski definition) is 0. The third kappa shape index (κ3) is 4.38. The Morgan fingerprint density at radius 2 is 1.90 bits per heavy atom. The first-order valence-corrected chi connectivity index (χ1v) is 11.1. The second-order valence-corrected chi connectivity index (χ2v) is 8.59. The Labute approximate surface area is 184 Å². The highest BCUT2D eigenvalue weighted by Gasteiger charge is 2.24. The Morgan fingerprint density at radius 1 is 1.10 bits per heavy atom. The minimum Gasteiger partial charge on any atom is -0.333 e. The number of nitrogens with zero attached hydrogens (tertiary/aromatic N) is 5. The van der Waals surface area contributed by atoms with Gasteiger partial charge in [-0.2, -0.15) is 0 Å². The number of carbonyl (C=O) groups is 2. The number of thiazole rings is 1. The molecule has 4 rings (SSSR count). The van der Waals surface area contributed by atoms with Crippen LogP contribution < -0.4 is 10.5 Å². The standard InChI is InChI=1S/C22H25N5O3S/c1-16(28)26-9-5-8-24(2)10-11-25(15-17-6-3-4-7-19(17)26)20(29)18-14-23-22-27(21(18)30)12-13-31-22/h3-4,6-7,12-14H,5,8-11,15H2,1-2H3. The van der Waals surface area contributed by atoms with Crippen LogP contribution in [-0.4, -0.2) is 64.2 Å². The summed E-state index contributed by atoms with van der Waals surface area (Å²) in [5.74, 6) is -0.382. The number of benzene rings is 1. The molecule has 0 fully saturated rings. The molecule has 9 heteroatoms. The van der Waals surface area contributed by atoms with Crippen LogP contribution >= 0.6 is 11.3 Å². The molecule has 1 aliphatic rings. The first-order chi connectivity index (χ1) is 15.0. The predicted molar refractivity (Wildman–Crippen MR) is 121 cm³/mol. The maximum Gasteiger partial charge on any atom is 0.271 e. The minimum absolute atomic E-state index is 0.0300. The maximum atomic E-state index is 13.4. The Hall–Kier alpha value is -3.04. The Morgan fingerprint density at radius 3 is 2.71 bits per heavy atom. The van der Waals surface area contributed by atoms with Gasteiger partial charge in [-0.1, -0.05) is 18.2 Å². The zero-order valence-electron chi connectivity index (χ0n) is 17.7. The molecule has 1 aromatic carbocycles. The van der Waals surface area contributed by atoms with Crippen molar-refractivity contribution in [2.45, 2.75) is 19.9 Å². The van der Waals surface area contributed by atoms with E-state index >= 15 is 0 Å². The molecule has 8 nitrogen and oxygen atoms in total. The molecule has 2 amide bonds. The van der Waals surface area contributed by atoms with Crippen LogP contribution in [-0.2, 0) is 11.3 Å². The van der Waals surface area contributed by atoms with Crippen LogP contribution in [0.1, 0.15) is 29.3 Å². The predicted octanol–water partition coefficient (Wildman–Crippen LogP) is 2.09. The van der Waals surface area contributed by atoms with Gasteiger partial charge in [0.25, 0.3) is 11.5 Å². The van der Waals surface area contributed by atoms with E-state index in [1.807, 2.05) is 31.3 Å². The fraction of sp³-hybridized carbons (Fsp3) is 0.364. The molecular formula is C22H25N5O3S. The summed E-state index contributed by atoms with van der Waals surface area (Å²) >= 11 is 1.35. The van der Waals surface area contributed by atoms with Gasteiger partial charge in [0.15, 0.2) is 4.96 Å². The van der Waals surface area contributed by atoms with Crippen LogP contribution in [0.2, 0.25) is 0 Å². The van der Waals surface area contributed by atoms with Crippen molar-refractivity contribution in [2.24, 2.45) is 0 Å². The van der Waals surface area contributed by atoms with Crippen molar-refractivity contribution in [3.05, 3.63) is 63.5 Å². The fourth-order valence-corrected chi connectivity index (χ4v) is 4.53. The molecule has 0 saturated heterocycles. The van der Waals surface area contributed by atoms with Gasteiger partial charge in [0.05, 0.1) is 0 Å². The summed E-state index contributed by atoms with van der Waals surface area (Å²) in [7, 11) is 2.00. The number of fused-ring (bicyclic) bond motifs is 2. The second-order valence-electron chi connectivity index (χ2n) is 7.72. The van der Waals surface area contributed by atoms with Crippen molar-refractivity contribution in [3.63, 3.8) is 0 Å². The number of amides is 2. The highest BCUT2D eigenvalue weighted by molar-refractivity contribution is 7.15. The van der Waals surface area contributed by atoms with Gasteiger partial charge in [0.2, 0.25) is 5.91 Å². The summed E-state index contributed by atoms with van der Waals surface area (Å²) in [6, 6.07) is 7.64. The van der Waals surface area contributed by atoms with E-state index in [9.17, 15) is 14.4 Å². The smallest absolute Gasteiger partial charge is 0.271 e. The van der Waals surface area contributed by atoms with Gasteiger partial charge >= 0.3 is 0 Å². The SMILES string of the molecule is CC(=O)N1CCCN(C)CCN(C(=O)c2cnc3sccn3c2=O)Cc2ccccc21. The molecule has 3 aromatic rings.